The fourth-order valence-electron chi connectivity index (χ4n) is 3.13. The first-order valence-corrected chi connectivity index (χ1v) is 7.44. The predicted molar refractivity (Wildman–Crippen MR) is 85.5 cm³/mol. The van der Waals surface area contributed by atoms with Crippen molar-refractivity contribution in [3.63, 3.8) is 0 Å². The molecule has 1 N–H and O–H groups in total. The molecule has 0 bridgehead atoms. The Bertz CT molecular complexity index is 832. The number of hydrogen-bond donors (Lipinski definition) is 1. The van der Waals surface area contributed by atoms with Gasteiger partial charge in [0.25, 0.3) is 5.56 Å². The second-order valence-corrected chi connectivity index (χ2v) is 6.25. The topological polar surface area (TPSA) is 79.2 Å². The normalized spacial score (nSPS) is 23.4. The number of anilines is 1. The van der Waals surface area contributed by atoms with E-state index in [-0.39, 0.29) is 6.04 Å². The summed E-state index contributed by atoms with van der Waals surface area (Å²) in [6.07, 6.45) is 0. The lowest BCUT2D eigenvalue weighted by Gasteiger charge is -2.42. The number of piperazine rings is 1. The van der Waals surface area contributed by atoms with Crippen LogP contribution >= 0.6 is 0 Å². The number of nitrogens with zero attached hydrogens (tertiary/aromatic N) is 5. The van der Waals surface area contributed by atoms with E-state index in [1.807, 2.05) is 7.05 Å². The van der Waals surface area contributed by atoms with Gasteiger partial charge >= 0.3 is 5.69 Å². The molecule has 1 aliphatic heterocycles. The number of rotatable bonds is 1. The summed E-state index contributed by atoms with van der Waals surface area (Å²) in [6.45, 7) is 6.08. The molecule has 0 aromatic carbocycles. The van der Waals surface area contributed by atoms with Crippen molar-refractivity contribution < 1.29 is 0 Å². The Kier molecular flexibility index (Phi) is 3.36. The van der Waals surface area contributed by atoms with Crippen LogP contribution in [0.1, 0.15) is 13.8 Å². The summed E-state index contributed by atoms with van der Waals surface area (Å²) in [6, 6.07) is 0.686. The molecular weight excluding hydrogens is 284 g/mol. The van der Waals surface area contributed by atoms with E-state index in [0.717, 1.165) is 19.0 Å². The molecule has 2 aromatic rings. The van der Waals surface area contributed by atoms with Crippen LogP contribution in [0.25, 0.3) is 11.2 Å². The van der Waals surface area contributed by atoms with E-state index in [1.54, 1.807) is 11.6 Å². The number of likely N-dealkylation sites (N-methyl/N-ethyl adjacent to an activating group) is 1. The van der Waals surface area contributed by atoms with Gasteiger partial charge in [0, 0.05) is 39.3 Å². The number of fused-ring (bicyclic) bond motifs is 1. The molecule has 0 amide bonds. The lowest BCUT2D eigenvalue weighted by Crippen LogP contribution is -2.55. The Balaban J connectivity index is 2.18. The van der Waals surface area contributed by atoms with Crippen molar-refractivity contribution in [1.82, 2.24) is 24.0 Å². The van der Waals surface area contributed by atoms with Gasteiger partial charge in [-0.2, -0.15) is 4.98 Å². The summed E-state index contributed by atoms with van der Waals surface area (Å²) < 4.78 is 3.16. The number of aromatic nitrogens is 4. The molecule has 2 atom stereocenters. The second kappa shape index (κ2) is 4.98. The molecule has 0 radical (unpaired) electrons. The standard InChI is InChI=1S/C14H22N6O2/c1-8-7-20(9(2)6-17(8)3)13-15-11-10(18(13)4)12(21)16-14(22)19(11)5/h8-9H,6-7H2,1-5H3,(H,16,21,22). The number of imidazole rings is 1. The predicted octanol–water partition coefficient (Wildman–Crippen LogP) is -0.511. The van der Waals surface area contributed by atoms with E-state index >= 15 is 0 Å². The van der Waals surface area contributed by atoms with Gasteiger partial charge in [0.15, 0.2) is 11.2 Å². The molecule has 8 heteroatoms. The Hall–Kier alpha value is -2.09. The van der Waals surface area contributed by atoms with Crippen molar-refractivity contribution in [1.29, 1.82) is 0 Å². The van der Waals surface area contributed by atoms with Crippen LogP contribution in [0.15, 0.2) is 9.59 Å². The third kappa shape index (κ3) is 2.06. The van der Waals surface area contributed by atoms with Crippen LogP contribution in [0.3, 0.4) is 0 Å². The van der Waals surface area contributed by atoms with E-state index in [0.29, 0.717) is 17.2 Å². The Labute approximate surface area is 128 Å². The van der Waals surface area contributed by atoms with E-state index in [9.17, 15) is 9.59 Å². The van der Waals surface area contributed by atoms with Crippen molar-refractivity contribution in [2.45, 2.75) is 25.9 Å². The summed E-state index contributed by atoms with van der Waals surface area (Å²) in [7, 11) is 5.55. The Morgan fingerprint density at radius 1 is 1.05 bits per heavy atom. The minimum atomic E-state index is -0.443. The lowest BCUT2D eigenvalue weighted by atomic mass is 10.1. The van der Waals surface area contributed by atoms with Crippen molar-refractivity contribution in [3.8, 4) is 0 Å². The number of aryl methyl sites for hydroxylation is 2. The number of H-pyrrole nitrogens is 1. The summed E-state index contributed by atoms with van der Waals surface area (Å²) in [5.74, 6) is 0.731. The molecule has 22 heavy (non-hydrogen) atoms. The molecule has 3 heterocycles. The highest BCUT2D eigenvalue weighted by molar-refractivity contribution is 5.74. The van der Waals surface area contributed by atoms with Gasteiger partial charge in [0.2, 0.25) is 5.95 Å². The molecule has 120 valence electrons. The second-order valence-electron chi connectivity index (χ2n) is 6.25. The van der Waals surface area contributed by atoms with E-state index in [2.05, 4.69) is 40.7 Å². The van der Waals surface area contributed by atoms with Gasteiger partial charge in [-0.05, 0) is 20.9 Å². The molecule has 0 saturated carbocycles. The molecule has 3 rings (SSSR count). The summed E-state index contributed by atoms with van der Waals surface area (Å²) >= 11 is 0. The molecule has 0 aliphatic carbocycles. The third-order valence-corrected chi connectivity index (χ3v) is 4.67. The first-order chi connectivity index (χ1) is 10.3. The van der Waals surface area contributed by atoms with Gasteiger partial charge in [-0.25, -0.2) is 4.79 Å². The summed E-state index contributed by atoms with van der Waals surface area (Å²) in [5.41, 5.74) is 0.0111. The average molecular weight is 306 g/mol. The smallest absolute Gasteiger partial charge is 0.329 e. The Morgan fingerprint density at radius 3 is 2.41 bits per heavy atom. The Morgan fingerprint density at radius 2 is 1.73 bits per heavy atom. The van der Waals surface area contributed by atoms with Gasteiger partial charge in [0.05, 0.1) is 0 Å². The van der Waals surface area contributed by atoms with Gasteiger partial charge in [0.1, 0.15) is 0 Å². The quantitative estimate of drug-likeness (QED) is 0.767. The fourth-order valence-corrected chi connectivity index (χ4v) is 3.13. The minimum absolute atomic E-state index is 0.285. The molecule has 2 aromatic heterocycles. The first kappa shape index (κ1) is 14.8. The zero-order valence-corrected chi connectivity index (χ0v) is 13.6. The van der Waals surface area contributed by atoms with Gasteiger partial charge in [-0.15, -0.1) is 0 Å². The maximum atomic E-state index is 12.1. The largest absolute Gasteiger partial charge is 0.337 e. The van der Waals surface area contributed by atoms with Crippen molar-refractivity contribution in [3.05, 3.63) is 20.8 Å². The first-order valence-electron chi connectivity index (χ1n) is 7.44. The van der Waals surface area contributed by atoms with Crippen LogP contribution < -0.4 is 16.1 Å². The maximum Gasteiger partial charge on any atom is 0.329 e. The maximum absolute atomic E-state index is 12.1. The van der Waals surface area contributed by atoms with Crippen molar-refractivity contribution >= 4 is 17.1 Å². The molecule has 0 spiro atoms. The summed E-state index contributed by atoms with van der Waals surface area (Å²) in [4.78, 5) is 35.3. The van der Waals surface area contributed by atoms with Crippen LogP contribution in [0.5, 0.6) is 0 Å². The number of aromatic amines is 1. The zero-order chi connectivity index (χ0) is 16.2. The van der Waals surface area contributed by atoms with E-state index < -0.39 is 11.2 Å². The third-order valence-electron chi connectivity index (χ3n) is 4.67. The molecule has 1 fully saturated rings. The van der Waals surface area contributed by atoms with Gasteiger partial charge in [-0.1, -0.05) is 0 Å². The molecule has 1 aliphatic rings. The van der Waals surface area contributed by atoms with Crippen LogP contribution in [0.2, 0.25) is 0 Å². The van der Waals surface area contributed by atoms with Crippen LogP contribution in [-0.4, -0.2) is 56.2 Å². The molecule has 8 nitrogen and oxygen atoms in total. The van der Waals surface area contributed by atoms with Crippen LogP contribution in [-0.2, 0) is 14.1 Å². The highest BCUT2D eigenvalue weighted by Gasteiger charge is 2.30. The highest BCUT2D eigenvalue weighted by atomic mass is 16.2. The number of hydrogen-bond acceptors (Lipinski definition) is 5. The van der Waals surface area contributed by atoms with Crippen molar-refractivity contribution in [2.75, 3.05) is 25.0 Å². The van der Waals surface area contributed by atoms with Gasteiger partial charge in [-0.3, -0.25) is 19.2 Å². The molecular formula is C14H22N6O2. The molecule has 2 unspecified atom stereocenters. The van der Waals surface area contributed by atoms with E-state index in [4.69, 9.17) is 0 Å². The number of nitrogens with one attached hydrogen (secondary N) is 1. The minimum Gasteiger partial charge on any atom is -0.337 e. The monoisotopic (exact) mass is 306 g/mol. The van der Waals surface area contributed by atoms with Crippen molar-refractivity contribution in [2.24, 2.45) is 14.1 Å². The highest BCUT2D eigenvalue weighted by Crippen LogP contribution is 2.23. The zero-order valence-electron chi connectivity index (χ0n) is 13.6. The van der Waals surface area contributed by atoms with E-state index in [1.165, 1.54) is 4.57 Å². The SMILES string of the molecule is CC1CN(c2nc3c(c(=O)[nH]c(=O)n3C)n2C)C(C)CN1C. The van der Waals surface area contributed by atoms with Gasteiger partial charge < -0.3 is 9.47 Å². The lowest BCUT2D eigenvalue weighted by molar-refractivity contribution is 0.204. The van der Waals surface area contributed by atoms with Crippen LogP contribution in [0.4, 0.5) is 5.95 Å². The fraction of sp³-hybridized carbons (Fsp3) is 0.643. The summed E-state index contributed by atoms with van der Waals surface area (Å²) in [5, 5.41) is 0. The molecule has 1 saturated heterocycles. The average Bonchev–Trinajstić information content (AvgIpc) is 2.78. The van der Waals surface area contributed by atoms with Crippen LogP contribution in [0, 0.1) is 0 Å².